The van der Waals surface area contributed by atoms with Crippen LogP contribution in [0.5, 0.6) is 0 Å². The van der Waals surface area contributed by atoms with Gasteiger partial charge in [0.1, 0.15) is 6.04 Å². The summed E-state index contributed by atoms with van der Waals surface area (Å²) in [6, 6.07) is 24.1. The van der Waals surface area contributed by atoms with Crippen LogP contribution in [0, 0.1) is 0 Å². The topological polar surface area (TPSA) is 49.4 Å². The van der Waals surface area contributed by atoms with Gasteiger partial charge in [-0.05, 0) is 41.7 Å². The Morgan fingerprint density at radius 2 is 1.46 bits per heavy atom. The van der Waals surface area contributed by atoms with Gasteiger partial charge in [0.05, 0.1) is 0 Å². The maximum absolute atomic E-state index is 13.7. The van der Waals surface area contributed by atoms with Crippen molar-refractivity contribution in [1.29, 1.82) is 0 Å². The Labute approximate surface area is 218 Å². The van der Waals surface area contributed by atoms with Crippen LogP contribution < -0.4 is 5.32 Å². The number of nitrogens with one attached hydrogen (secondary N) is 1. The summed E-state index contributed by atoms with van der Waals surface area (Å²) in [5, 5.41) is 4.24. The van der Waals surface area contributed by atoms with Crippen molar-refractivity contribution in [2.24, 2.45) is 0 Å². The molecule has 0 saturated carbocycles. The number of hydrogen-bond donors (Lipinski definition) is 1. The van der Waals surface area contributed by atoms with E-state index in [1.807, 2.05) is 72.8 Å². The third-order valence-electron chi connectivity index (χ3n) is 5.97. The Balaban J connectivity index is 1.90. The minimum absolute atomic E-state index is 0.114. The van der Waals surface area contributed by atoms with Crippen LogP contribution in [0.4, 0.5) is 0 Å². The number of aryl methyl sites for hydroxylation is 1. The first-order valence-electron chi connectivity index (χ1n) is 12.1. The number of carbonyl (C=O) groups excluding carboxylic acids is 2. The number of rotatable bonds is 12. The predicted octanol–water partition coefficient (Wildman–Crippen LogP) is 6.48. The van der Waals surface area contributed by atoms with Crippen molar-refractivity contribution in [2.45, 2.75) is 51.6 Å². The van der Waals surface area contributed by atoms with Gasteiger partial charge < -0.3 is 10.2 Å². The molecular weight excluding hydrogens is 479 g/mol. The summed E-state index contributed by atoms with van der Waals surface area (Å²) in [6.07, 6.45) is 3.01. The van der Waals surface area contributed by atoms with Crippen LogP contribution in [0.2, 0.25) is 10.0 Å². The van der Waals surface area contributed by atoms with E-state index in [0.29, 0.717) is 29.4 Å². The Morgan fingerprint density at radius 3 is 2.09 bits per heavy atom. The van der Waals surface area contributed by atoms with Gasteiger partial charge in [-0.3, -0.25) is 9.59 Å². The third kappa shape index (κ3) is 8.12. The lowest BCUT2D eigenvalue weighted by Gasteiger charge is -2.32. The van der Waals surface area contributed by atoms with Crippen molar-refractivity contribution in [1.82, 2.24) is 10.2 Å². The molecule has 184 valence electrons. The molecule has 3 aromatic rings. The Hall–Kier alpha value is -2.82. The molecule has 2 amide bonds. The van der Waals surface area contributed by atoms with Crippen molar-refractivity contribution in [3.05, 3.63) is 106 Å². The second-order valence-electron chi connectivity index (χ2n) is 8.55. The van der Waals surface area contributed by atoms with Gasteiger partial charge in [-0.1, -0.05) is 103 Å². The SMILES string of the molecule is CCCCNC(=O)C(Cc1ccccc1)N(Cc1ccccc1Cl)C(=O)CCc1ccccc1Cl. The predicted molar refractivity (Wildman–Crippen MR) is 144 cm³/mol. The molecule has 3 aromatic carbocycles. The largest absolute Gasteiger partial charge is 0.354 e. The zero-order valence-electron chi connectivity index (χ0n) is 20.1. The summed E-state index contributed by atoms with van der Waals surface area (Å²) in [5.41, 5.74) is 2.71. The molecular formula is C29H32Cl2N2O2. The minimum Gasteiger partial charge on any atom is -0.354 e. The van der Waals surface area contributed by atoms with Gasteiger partial charge in [-0.15, -0.1) is 0 Å². The maximum atomic E-state index is 13.7. The number of hydrogen-bond acceptors (Lipinski definition) is 2. The van der Waals surface area contributed by atoms with Gasteiger partial charge >= 0.3 is 0 Å². The summed E-state index contributed by atoms with van der Waals surface area (Å²) >= 11 is 12.8. The van der Waals surface area contributed by atoms with Gasteiger partial charge in [-0.2, -0.15) is 0 Å². The van der Waals surface area contributed by atoms with Gasteiger partial charge in [0.15, 0.2) is 0 Å². The minimum atomic E-state index is -0.663. The quantitative estimate of drug-likeness (QED) is 0.283. The first-order valence-corrected chi connectivity index (χ1v) is 12.8. The van der Waals surface area contributed by atoms with E-state index in [-0.39, 0.29) is 24.8 Å². The summed E-state index contributed by atoms with van der Waals surface area (Å²) in [7, 11) is 0. The number of unbranched alkanes of at least 4 members (excludes halogenated alkanes) is 1. The molecule has 0 fully saturated rings. The average Bonchev–Trinajstić information content (AvgIpc) is 2.87. The van der Waals surface area contributed by atoms with E-state index in [9.17, 15) is 9.59 Å². The maximum Gasteiger partial charge on any atom is 0.243 e. The zero-order chi connectivity index (χ0) is 25.0. The fourth-order valence-electron chi connectivity index (χ4n) is 3.96. The second kappa shape index (κ2) is 13.9. The highest BCUT2D eigenvalue weighted by atomic mass is 35.5. The molecule has 1 atom stereocenters. The van der Waals surface area contributed by atoms with E-state index in [1.165, 1.54) is 0 Å². The molecule has 35 heavy (non-hydrogen) atoms. The van der Waals surface area contributed by atoms with Crippen LogP contribution in [-0.2, 0) is 29.0 Å². The molecule has 4 nitrogen and oxygen atoms in total. The highest BCUT2D eigenvalue weighted by Gasteiger charge is 2.30. The lowest BCUT2D eigenvalue weighted by Crippen LogP contribution is -2.50. The summed E-state index contributed by atoms with van der Waals surface area (Å²) in [5.74, 6) is -0.267. The third-order valence-corrected chi connectivity index (χ3v) is 6.70. The van der Waals surface area contributed by atoms with Crippen LogP contribution >= 0.6 is 23.2 Å². The lowest BCUT2D eigenvalue weighted by atomic mass is 10.0. The first-order chi connectivity index (χ1) is 17.0. The molecule has 0 bridgehead atoms. The van der Waals surface area contributed by atoms with Crippen LogP contribution in [0.1, 0.15) is 42.9 Å². The summed E-state index contributed by atoms with van der Waals surface area (Å²) < 4.78 is 0. The second-order valence-corrected chi connectivity index (χ2v) is 9.37. The van der Waals surface area contributed by atoms with Crippen LogP contribution in [0.15, 0.2) is 78.9 Å². The van der Waals surface area contributed by atoms with E-state index in [4.69, 9.17) is 23.2 Å². The highest BCUT2D eigenvalue weighted by molar-refractivity contribution is 6.31. The lowest BCUT2D eigenvalue weighted by molar-refractivity contribution is -0.141. The van der Waals surface area contributed by atoms with Crippen LogP contribution in [0.3, 0.4) is 0 Å². The summed E-state index contributed by atoms with van der Waals surface area (Å²) in [6.45, 7) is 2.91. The van der Waals surface area contributed by atoms with Crippen molar-refractivity contribution in [2.75, 3.05) is 6.54 Å². The molecule has 0 radical (unpaired) electrons. The van der Waals surface area contributed by atoms with Gasteiger partial charge in [0, 0.05) is 36.0 Å². The fraction of sp³-hybridized carbons (Fsp3) is 0.310. The molecule has 1 N–H and O–H groups in total. The van der Waals surface area contributed by atoms with E-state index >= 15 is 0 Å². The van der Waals surface area contributed by atoms with E-state index < -0.39 is 6.04 Å². The molecule has 0 aliphatic rings. The van der Waals surface area contributed by atoms with Gasteiger partial charge in [-0.25, -0.2) is 0 Å². The zero-order valence-corrected chi connectivity index (χ0v) is 21.6. The Bertz CT molecular complexity index is 1100. The molecule has 1 unspecified atom stereocenters. The molecule has 0 spiro atoms. The van der Waals surface area contributed by atoms with Gasteiger partial charge in [0.2, 0.25) is 11.8 Å². The average molecular weight is 511 g/mol. The molecule has 3 rings (SSSR count). The highest BCUT2D eigenvalue weighted by Crippen LogP contribution is 2.22. The van der Waals surface area contributed by atoms with Crippen molar-refractivity contribution in [3.63, 3.8) is 0 Å². The molecule has 0 aliphatic heterocycles. The number of nitrogens with zero attached hydrogens (tertiary/aromatic N) is 1. The molecule has 0 saturated heterocycles. The summed E-state index contributed by atoms with van der Waals surface area (Å²) in [4.78, 5) is 28.8. The molecule has 6 heteroatoms. The van der Waals surface area contributed by atoms with Gasteiger partial charge in [0.25, 0.3) is 0 Å². The monoisotopic (exact) mass is 510 g/mol. The number of benzene rings is 3. The van der Waals surface area contributed by atoms with Crippen molar-refractivity contribution in [3.8, 4) is 0 Å². The van der Waals surface area contributed by atoms with E-state index in [1.54, 1.807) is 11.0 Å². The molecule has 0 aliphatic carbocycles. The van der Waals surface area contributed by atoms with Crippen molar-refractivity contribution < 1.29 is 9.59 Å². The van der Waals surface area contributed by atoms with Crippen LogP contribution in [0.25, 0.3) is 0 Å². The Morgan fingerprint density at radius 1 is 0.857 bits per heavy atom. The smallest absolute Gasteiger partial charge is 0.243 e. The van der Waals surface area contributed by atoms with E-state index in [2.05, 4.69) is 12.2 Å². The fourth-order valence-corrected chi connectivity index (χ4v) is 4.38. The van der Waals surface area contributed by atoms with Crippen LogP contribution in [-0.4, -0.2) is 29.3 Å². The number of halogens is 2. The molecule has 0 aromatic heterocycles. The standard InChI is InChI=1S/C29H32Cl2N2O2/c1-2-3-19-32-29(35)27(20-22-11-5-4-6-12-22)33(21-24-14-8-10-16-26(24)31)28(34)18-17-23-13-7-9-15-25(23)30/h4-16,27H,2-3,17-21H2,1H3,(H,32,35). The Kier molecular flexibility index (Phi) is 10.6. The number of amides is 2. The van der Waals surface area contributed by atoms with Crippen molar-refractivity contribution >= 4 is 35.0 Å². The van der Waals surface area contributed by atoms with E-state index in [0.717, 1.165) is 29.5 Å². The first kappa shape index (κ1) is 26.8. The normalized spacial score (nSPS) is 11.6. The molecule has 0 heterocycles. The number of carbonyl (C=O) groups is 2.